The van der Waals surface area contributed by atoms with E-state index in [0.29, 0.717) is 18.2 Å². The Morgan fingerprint density at radius 1 is 1.43 bits per heavy atom. The van der Waals surface area contributed by atoms with Crippen LogP contribution in [0, 0.1) is 0 Å². The van der Waals surface area contributed by atoms with Crippen molar-refractivity contribution in [2.24, 2.45) is 0 Å². The summed E-state index contributed by atoms with van der Waals surface area (Å²) in [6.07, 6.45) is 6.89. The van der Waals surface area contributed by atoms with Crippen molar-refractivity contribution in [3.8, 4) is 0 Å². The topological polar surface area (TPSA) is 58.4 Å². The van der Waals surface area contributed by atoms with Crippen LogP contribution in [-0.2, 0) is 4.79 Å². The van der Waals surface area contributed by atoms with E-state index in [9.17, 15) is 4.79 Å². The molecule has 1 fully saturated rings. The Morgan fingerprint density at radius 3 is 3.05 bits per heavy atom. The van der Waals surface area contributed by atoms with Crippen molar-refractivity contribution in [2.45, 2.75) is 51.5 Å². The molecule has 1 atom stereocenters. The van der Waals surface area contributed by atoms with Gasteiger partial charge in [0.05, 0.1) is 0 Å². The first-order valence-electron chi connectivity index (χ1n) is 8.08. The maximum atomic E-state index is 12.1. The van der Waals surface area contributed by atoms with Crippen molar-refractivity contribution in [2.75, 3.05) is 24.1 Å². The molecule has 3 N–H and O–H groups in total. The molecule has 1 aromatic carbocycles. The van der Waals surface area contributed by atoms with Gasteiger partial charge in [0.15, 0.2) is 0 Å². The average Bonchev–Trinajstić information content (AvgIpc) is 2.47. The fourth-order valence-electron chi connectivity index (χ4n) is 3.10. The summed E-state index contributed by atoms with van der Waals surface area (Å²) in [6, 6.07) is 8.00. The molecule has 1 heterocycles. The predicted molar refractivity (Wildman–Crippen MR) is 88.2 cm³/mol. The number of carbonyl (C=O) groups is 1. The minimum Gasteiger partial charge on any atom is -0.399 e. The molecule has 2 rings (SSSR count). The van der Waals surface area contributed by atoms with Crippen LogP contribution in [0.3, 0.4) is 0 Å². The Hall–Kier alpha value is -1.55. The Kier molecular flexibility index (Phi) is 6.05. The number of hydrogen-bond donors (Lipinski definition) is 2. The van der Waals surface area contributed by atoms with Gasteiger partial charge in [-0.3, -0.25) is 9.69 Å². The van der Waals surface area contributed by atoms with Crippen molar-refractivity contribution in [1.82, 2.24) is 4.90 Å². The molecule has 1 amide bonds. The van der Waals surface area contributed by atoms with E-state index in [4.69, 9.17) is 5.73 Å². The molecule has 116 valence electrons. The van der Waals surface area contributed by atoms with Gasteiger partial charge in [0.25, 0.3) is 0 Å². The summed E-state index contributed by atoms with van der Waals surface area (Å²) in [4.78, 5) is 14.5. The van der Waals surface area contributed by atoms with Crippen molar-refractivity contribution in [3.63, 3.8) is 0 Å². The quantitative estimate of drug-likeness (QED) is 0.790. The van der Waals surface area contributed by atoms with Crippen LogP contribution in [-0.4, -0.2) is 29.9 Å². The fraction of sp³-hybridized carbons (Fsp3) is 0.588. The first-order chi connectivity index (χ1) is 10.2. The highest BCUT2D eigenvalue weighted by atomic mass is 16.1. The molecule has 4 heteroatoms. The molecular weight excluding hydrogens is 262 g/mol. The molecule has 0 bridgehead atoms. The number of anilines is 2. The summed E-state index contributed by atoms with van der Waals surface area (Å²) in [6.45, 7) is 4.23. The van der Waals surface area contributed by atoms with Crippen LogP contribution in [0.5, 0.6) is 0 Å². The Bertz CT molecular complexity index is 459. The second-order valence-electron chi connectivity index (χ2n) is 5.90. The summed E-state index contributed by atoms with van der Waals surface area (Å²) >= 11 is 0. The highest BCUT2D eigenvalue weighted by molar-refractivity contribution is 5.91. The van der Waals surface area contributed by atoms with Crippen LogP contribution in [0.2, 0.25) is 0 Å². The van der Waals surface area contributed by atoms with Crippen LogP contribution in [0.4, 0.5) is 11.4 Å². The van der Waals surface area contributed by atoms with E-state index < -0.39 is 0 Å². The van der Waals surface area contributed by atoms with Crippen LogP contribution in [0.1, 0.15) is 45.4 Å². The van der Waals surface area contributed by atoms with Gasteiger partial charge in [0.1, 0.15) is 0 Å². The average molecular weight is 289 g/mol. The number of nitrogens with two attached hydrogens (primary N) is 1. The molecule has 1 unspecified atom stereocenters. The van der Waals surface area contributed by atoms with E-state index in [0.717, 1.165) is 18.8 Å². The van der Waals surface area contributed by atoms with Gasteiger partial charge < -0.3 is 11.1 Å². The summed E-state index contributed by atoms with van der Waals surface area (Å²) in [7, 11) is 0. The van der Waals surface area contributed by atoms with Gasteiger partial charge in [-0.25, -0.2) is 0 Å². The highest BCUT2D eigenvalue weighted by Crippen LogP contribution is 2.21. The molecule has 1 aliphatic heterocycles. The van der Waals surface area contributed by atoms with E-state index in [1.807, 2.05) is 18.2 Å². The third kappa shape index (κ3) is 5.05. The zero-order valence-corrected chi connectivity index (χ0v) is 13.0. The van der Waals surface area contributed by atoms with Crippen LogP contribution in [0.15, 0.2) is 24.3 Å². The number of nitrogen functional groups attached to an aromatic ring is 1. The third-order valence-electron chi connectivity index (χ3n) is 4.17. The standard InChI is InChI=1S/C17H27N3O/c1-2-6-16-9-3-4-11-20(16)12-10-17(21)19-15-8-5-7-14(18)13-15/h5,7-8,13,16H,2-4,6,9-12,18H2,1H3,(H,19,21). The van der Waals surface area contributed by atoms with Gasteiger partial charge in [-0.2, -0.15) is 0 Å². The Morgan fingerprint density at radius 2 is 2.29 bits per heavy atom. The Labute approximate surface area is 127 Å². The van der Waals surface area contributed by atoms with Gasteiger partial charge in [-0.1, -0.05) is 25.8 Å². The number of piperidine rings is 1. The maximum absolute atomic E-state index is 12.1. The monoisotopic (exact) mass is 289 g/mol. The van der Waals surface area contributed by atoms with E-state index in [1.54, 1.807) is 6.07 Å². The largest absolute Gasteiger partial charge is 0.399 e. The lowest BCUT2D eigenvalue weighted by molar-refractivity contribution is -0.116. The molecule has 21 heavy (non-hydrogen) atoms. The van der Waals surface area contributed by atoms with E-state index in [1.165, 1.54) is 32.1 Å². The molecule has 0 spiro atoms. The molecule has 0 saturated carbocycles. The summed E-state index contributed by atoms with van der Waals surface area (Å²) in [5.74, 6) is 0.0708. The molecule has 0 aliphatic carbocycles. The summed E-state index contributed by atoms with van der Waals surface area (Å²) in [5.41, 5.74) is 7.17. The van der Waals surface area contributed by atoms with Gasteiger partial charge in [-0.15, -0.1) is 0 Å². The molecule has 0 radical (unpaired) electrons. The van der Waals surface area contributed by atoms with Crippen molar-refractivity contribution in [1.29, 1.82) is 0 Å². The number of benzene rings is 1. The molecule has 1 aromatic rings. The highest BCUT2D eigenvalue weighted by Gasteiger charge is 2.21. The lowest BCUT2D eigenvalue weighted by Crippen LogP contribution is -2.40. The van der Waals surface area contributed by atoms with E-state index >= 15 is 0 Å². The first-order valence-corrected chi connectivity index (χ1v) is 8.08. The number of nitrogens with one attached hydrogen (secondary N) is 1. The SMILES string of the molecule is CCCC1CCCCN1CCC(=O)Nc1cccc(N)c1. The summed E-state index contributed by atoms with van der Waals surface area (Å²) in [5, 5.41) is 2.92. The fourth-order valence-corrected chi connectivity index (χ4v) is 3.10. The van der Waals surface area contributed by atoms with Crippen LogP contribution >= 0.6 is 0 Å². The van der Waals surface area contributed by atoms with Gasteiger partial charge in [0.2, 0.25) is 5.91 Å². The minimum absolute atomic E-state index is 0.0708. The molecule has 1 aliphatic rings. The predicted octanol–water partition coefficient (Wildman–Crippen LogP) is 3.25. The number of hydrogen-bond acceptors (Lipinski definition) is 3. The lowest BCUT2D eigenvalue weighted by atomic mass is 9.98. The lowest BCUT2D eigenvalue weighted by Gasteiger charge is -2.35. The van der Waals surface area contributed by atoms with E-state index in [2.05, 4.69) is 17.1 Å². The molecule has 4 nitrogen and oxygen atoms in total. The number of rotatable bonds is 6. The Balaban J connectivity index is 1.79. The smallest absolute Gasteiger partial charge is 0.225 e. The maximum Gasteiger partial charge on any atom is 0.225 e. The molecule has 1 saturated heterocycles. The minimum atomic E-state index is 0.0708. The van der Waals surface area contributed by atoms with Gasteiger partial charge in [-0.05, 0) is 44.0 Å². The second-order valence-corrected chi connectivity index (χ2v) is 5.90. The zero-order chi connectivity index (χ0) is 15.1. The van der Waals surface area contributed by atoms with Gasteiger partial charge in [0, 0.05) is 30.4 Å². The number of carbonyl (C=O) groups excluding carboxylic acids is 1. The normalized spacial score (nSPS) is 19.4. The number of likely N-dealkylation sites (tertiary alicyclic amines) is 1. The van der Waals surface area contributed by atoms with Gasteiger partial charge >= 0.3 is 0 Å². The number of nitrogens with zero attached hydrogens (tertiary/aromatic N) is 1. The van der Waals surface area contributed by atoms with Crippen LogP contribution in [0.25, 0.3) is 0 Å². The van der Waals surface area contributed by atoms with Crippen molar-refractivity contribution in [3.05, 3.63) is 24.3 Å². The second kappa shape index (κ2) is 8.03. The molecule has 0 aromatic heterocycles. The molecular formula is C17H27N3O. The van der Waals surface area contributed by atoms with E-state index in [-0.39, 0.29) is 5.91 Å². The summed E-state index contributed by atoms with van der Waals surface area (Å²) < 4.78 is 0. The van der Waals surface area contributed by atoms with Crippen molar-refractivity contribution < 1.29 is 4.79 Å². The zero-order valence-electron chi connectivity index (χ0n) is 13.0. The van der Waals surface area contributed by atoms with Crippen LogP contribution < -0.4 is 11.1 Å². The van der Waals surface area contributed by atoms with Crippen molar-refractivity contribution >= 4 is 17.3 Å². The third-order valence-corrected chi connectivity index (χ3v) is 4.17. The number of amides is 1. The first kappa shape index (κ1) is 15.8.